The van der Waals surface area contributed by atoms with Crippen LogP contribution in [0, 0.1) is 18.8 Å². The number of carboxylic acids is 1. The van der Waals surface area contributed by atoms with Gasteiger partial charge in [-0.05, 0) is 61.9 Å². The highest BCUT2D eigenvalue weighted by Gasteiger charge is 2.40. The molecular weight excluding hydrogens is 621 g/mol. The Hall–Kier alpha value is -5.50. The maximum Gasteiger partial charge on any atom is 0.490 e. The van der Waals surface area contributed by atoms with Crippen molar-refractivity contribution in [2.24, 2.45) is 11.8 Å². The number of hydrogen-bond acceptors (Lipinski definition) is 7. The van der Waals surface area contributed by atoms with E-state index in [0.717, 1.165) is 22.2 Å². The van der Waals surface area contributed by atoms with Crippen molar-refractivity contribution >= 4 is 40.3 Å². The summed E-state index contributed by atoms with van der Waals surface area (Å²) in [6, 6.07) is 25.7. The zero-order valence-electron chi connectivity index (χ0n) is 25.0. The van der Waals surface area contributed by atoms with Crippen LogP contribution in [0.15, 0.2) is 84.9 Å². The van der Waals surface area contributed by atoms with Gasteiger partial charge < -0.3 is 20.1 Å². The van der Waals surface area contributed by atoms with E-state index in [4.69, 9.17) is 14.6 Å². The summed E-state index contributed by atoms with van der Waals surface area (Å²) in [7, 11) is 0. The number of benzene rings is 3. The zero-order valence-corrected chi connectivity index (χ0v) is 25.0. The molecule has 1 fully saturated rings. The Morgan fingerprint density at radius 2 is 1.57 bits per heavy atom. The first-order chi connectivity index (χ1) is 22.4. The summed E-state index contributed by atoms with van der Waals surface area (Å²) in [5, 5.41) is 20.3. The predicted octanol–water partition coefficient (Wildman–Crippen LogP) is 4.98. The number of halogens is 3. The number of hydroxylamine groups is 1. The number of amides is 3. The number of alkyl halides is 3. The van der Waals surface area contributed by atoms with Gasteiger partial charge in [-0.3, -0.25) is 24.6 Å². The molecule has 4 aromatic rings. The molecule has 0 unspecified atom stereocenters. The van der Waals surface area contributed by atoms with Gasteiger partial charge in [0.15, 0.2) is 0 Å². The molecule has 0 saturated carbocycles. The molecule has 1 aliphatic rings. The van der Waals surface area contributed by atoms with Gasteiger partial charge in [-0.2, -0.15) is 13.2 Å². The van der Waals surface area contributed by atoms with Gasteiger partial charge in [0.05, 0.1) is 17.4 Å². The van der Waals surface area contributed by atoms with E-state index in [1.807, 2.05) is 43.3 Å². The minimum Gasteiger partial charge on any atom is -0.489 e. The molecule has 1 aromatic heterocycles. The van der Waals surface area contributed by atoms with Crippen LogP contribution in [0.1, 0.15) is 28.0 Å². The molecule has 3 amide bonds. The van der Waals surface area contributed by atoms with E-state index in [-0.39, 0.29) is 24.8 Å². The van der Waals surface area contributed by atoms with Crippen LogP contribution >= 0.6 is 0 Å². The molecule has 1 aliphatic heterocycles. The maximum absolute atomic E-state index is 13.2. The first-order valence-corrected chi connectivity index (χ1v) is 14.3. The van der Waals surface area contributed by atoms with Crippen molar-refractivity contribution in [3.63, 3.8) is 0 Å². The van der Waals surface area contributed by atoms with Crippen LogP contribution in [0.3, 0.4) is 0 Å². The number of carbonyl (C=O) groups is 4. The number of rotatable bonds is 7. The Kier molecular flexibility index (Phi) is 11.1. The number of nitrogens with one attached hydrogen (secondary N) is 2. The number of ether oxygens (including phenoxy) is 1. The lowest BCUT2D eigenvalue weighted by atomic mass is 9.83. The van der Waals surface area contributed by atoms with Gasteiger partial charge in [0.2, 0.25) is 11.8 Å². The molecule has 1 saturated heterocycles. The number of aliphatic carboxylic acids is 1. The number of para-hydroxylation sites is 1. The summed E-state index contributed by atoms with van der Waals surface area (Å²) in [6.45, 7) is 2.66. The van der Waals surface area contributed by atoms with E-state index in [0.29, 0.717) is 30.2 Å². The van der Waals surface area contributed by atoms with Crippen LogP contribution in [0.2, 0.25) is 0 Å². The van der Waals surface area contributed by atoms with Gasteiger partial charge in [-0.25, -0.2) is 10.3 Å². The number of anilines is 1. The summed E-state index contributed by atoms with van der Waals surface area (Å²) in [4.78, 5) is 53.6. The van der Waals surface area contributed by atoms with Crippen LogP contribution in [0.4, 0.5) is 18.9 Å². The van der Waals surface area contributed by atoms with E-state index in [2.05, 4.69) is 10.3 Å². The predicted molar refractivity (Wildman–Crippen MR) is 163 cm³/mol. The third kappa shape index (κ3) is 9.04. The van der Waals surface area contributed by atoms with Crippen LogP contribution < -0.4 is 15.5 Å². The molecule has 2 heterocycles. The SMILES string of the molecule is Cc1cc(COc2ccc(NC(=O)[C@H]3CCN(C(=O)c4ccccc4)C[C@@H]3C(=O)NO)cc2)c2ccccc2n1.O=C(O)C(F)(F)F. The van der Waals surface area contributed by atoms with E-state index in [1.165, 1.54) is 0 Å². The number of aryl methyl sites for hydroxylation is 1. The highest BCUT2D eigenvalue weighted by Crippen LogP contribution is 2.28. The van der Waals surface area contributed by atoms with Crippen LogP contribution in [0.5, 0.6) is 5.75 Å². The second kappa shape index (κ2) is 15.2. The smallest absolute Gasteiger partial charge is 0.489 e. The Morgan fingerprint density at radius 1 is 0.936 bits per heavy atom. The third-order valence-electron chi connectivity index (χ3n) is 7.39. The molecule has 4 N–H and O–H groups in total. The molecule has 0 aliphatic carbocycles. The Balaban J connectivity index is 0.000000644. The molecule has 0 bridgehead atoms. The first-order valence-electron chi connectivity index (χ1n) is 14.3. The van der Waals surface area contributed by atoms with E-state index in [9.17, 15) is 32.8 Å². The Morgan fingerprint density at radius 3 is 2.21 bits per heavy atom. The van der Waals surface area contributed by atoms with Gasteiger partial charge >= 0.3 is 12.1 Å². The number of carbonyl (C=O) groups excluding carboxylic acids is 3. The molecule has 11 nitrogen and oxygen atoms in total. The van der Waals surface area contributed by atoms with Gasteiger partial charge in [0.1, 0.15) is 12.4 Å². The molecule has 5 rings (SSSR count). The average molecular weight is 653 g/mol. The van der Waals surface area contributed by atoms with Crippen molar-refractivity contribution in [3.05, 3.63) is 102 Å². The topological polar surface area (TPSA) is 158 Å². The van der Waals surface area contributed by atoms with Crippen molar-refractivity contribution < 1.29 is 47.4 Å². The lowest BCUT2D eigenvalue weighted by molar-refractivity contribution is -0.192. The molecule has 47 heavy (non-hydrogen) atoms. The summed E-state index contributed by atoms with van der Waals surface area (Å²) in [5.41, 5.74) is 5.57. The molecular formula is C33H31F3N4O7. The molecule has 0 radical (unpaired) electrons. The van der Waals surface area contributed by atoms with Gasteiger partial charge in [0, 0.05) is 41.0 Å². The number of carboxylic acid groups (broad SMARTS) is 1. The fourth-order valence-electron chi connectivity index (χ4n) is 5.11. The Labute approximate surface area is 266 Å². The first kappa shape index (κ1) is 34.4. The van der Waals surface area contributed by atoms with Crippen molar-refractivity contribution in [1.29, 1.82) is 0 Å². The Bertz CT molecular complexity index is 1730. The normalized spacial score (nSPS) is 16.0. The van der Waals surface area contributed by atoms with Crippen molar-refractivity contribution in [2.45, 2.75) is 26.1 Å². The number of fused-ring (bicyclic) bond motifs is 1. The number of hydrogen-bond donors (Lipinski definition) is 4. The summed E-state index contributed by atoms with van der Waals surface area (Å²) in [5.74, 6) is -5.00. The van der Waals surface area contributed by atoms with Gasteiger partial charge in [-0.15, -0.1) is 0 Å². The second-order valence-corrected chi connectivity index (χ2v) is 10.6. The summed E-state index contributed by atoms with van der Waals surface area (Å²) in [6.07, 6.45) is -4.80. The fourth-order valence-corrected chi connectivity index (χ4v) is 5.11. The van der Waals surface area contributed by atoms with Gasteiger partial charge in [0.25, 0.3) is 5.91 Å². The van der Waals surface area contributed by atoms with Crippen LogP contribution in [-0.4, -0.2) is 63.2 Å². The average Bonchev–Trinajstić information content (AvgIpc) is 3.07. The molecule has 0 spiro atoms. The standard InChI is InChI=1S/C31H30N4O5.C2HF3O2/c1-20-17-22(25-9-5-6-10-28(25)32-20)19-40-24-13-11-23(12-14-24)33-29(36)26-15-16-35(18-27(26)30(37)34-39)31(38)21-7-3-2-4-8-21;3-2(4,5)1(6)7/h2-14,17,26-27,39H,15-16,18-19H2,1H3,(H,33,36)(H,34,37);(H,6,7)/t26-,27-;/m0./s1. The largest absolute Gasteiger partial charge is 0.490 e. The number of aromatic nitrogens is 1. The molecule has 246 valence electrons. The summed E-state index contributed by atoms with van der Waals surface area (Å²) < 4.78 is 37.7. The molecule has 14 heteroatoms. The molecule has 3 aromatic carbocycles. The van der Waals surface area contributed by atoms with E-state index >= 15 is 0 Å². The highest BCUT2D eigenvalue weighted by atomic mass is 19.4. The van der Waals surface area contributed by atoms with Crippen molar-refractivity contribution in [1.82, 2.24) is 15.4 Å². The lowest BCUT2D eigenvalue weighted by Crippen LogP contribution is -2.51. The maximum atomic E-state index is 13.2. The van der Waals surface area contributed by atoms with Crippen LogP contribution in [0.25, 0.3) is 10.9 Å². The highest BCUT2D eigenvalue weighted by molar-refractivity contribution is 5.98. The minimum atomic E-state index is -5.08. The van der Waals surface area contributed by atoms with Crippen molar-refractivity contribution in [3.8, 4) is 5.75 Å². The zero-order chi connectivity index (χ0) is 34.1. The second-order valence-electron chi connectivity index (χ2n) is 10.6. The third-order valence-corrected chi connectivity index (χ3v) is 7.39. The number of pyridine rings is 1. The number of piperidine rings is 1. The quantitative estimate of drug-likeness (QED) is 0.161. The minimum absolute atomic E-state index is 0.0220. The number of nitrogens with zero attached hydrogens (tertiary/aromatic N) is 2. The van der Waals surface area contributed by atoms with E-state index in [1.54, 1.807) is 58.9 Å². The van der Waals surface area contributed by atoms with E-state index < -0.39 is 29.9 Å². The van der Waals surface area contributed by atoms with Crippen LogP contribution in [-0.2, 0) is 21.0 Å². The molecule has 2 atom stereocenters. The summed E-state index contributed by atoms with van der Waals surface area (Å²) >= 11 is 0. The fraction of sp³-hybridized carbons (Fsp3) is 0.242. The van der Waals surface area contributed by atoms with Crippen molar-refractivity contribution in [2.75, 3.05) is 18.4 Å². The number of likely N-dealkylation sites (tertiary alicyclic amines) is 1. The van der Waals surface area contributed by atoms with Gasteiger partial charge in [-0.1, -0.05) is 36.4 Å². The lowest BCUT2D eigenvalue weighted by Gasteiger charge is -2.36. The monoisotopic (exact) mass is 652 g/mol.